The lowest BCUT2D eigenvalue weighted by molar-refractivity contribution is -0.122. The Morgan fingerprint density at radius 3 is 2.43 bits per heavy atom. The highest BCUT2D eigenvalue weighted by molar-refractivity contribution is 8.00. The van der Waals surface area contributed by atoms with Crippen molar-refractivity contribution in [2.75, 3.05) is 30.5 Å². The van der Waals surface area contributed by atoms with Crippen LogP contribution in [-0.4, -0.2) is 54.2 Å². The molecule has 11 nitrogen and oxygen atoms in total. The molecule has 5 aromatic rings. The molecule has 3 unspecified atom stereocenters. The van der Waals surface area contributed by atoms with Gasteiger partial charge >= 0.3 is 10.8 Å². The number of nitrogens with one attached hydrogen (secondary N) is 2. The number of anilines is 2. The van der Waals surface area contributed by atoms with E-state index in [1.165, 1.54) is 31.0 Å². The molecule has 248 valence electrons. The number of thiazole rings is 1. The predicted octanol–water partition coefficient (Wildman–Crippen LogP) is 5.59. The van der Waals surface area contributed by atoms with Crippen LogP contribution < -0.4 is 24.6 Å². The van der Waals surface area contributed by atoms with Crippen molar-refractivity contribution in [3.05, 3.63) is 111 Å². The summed E-state index contributed by atoms with van der Waals surface area (Å²) in [5.41, 5.74) is 1.91. The van der Waals surface area contributed by atoms with Gasteiger partial charge in [-0.05, 0) is 71.8 Å². The fourth-order valence-corrected chi connectivity index (χ4v) is 8.71. The number of aromatic nitrogens is 1. The first-order valence-electron chi connectivity index (χ1n) is 15.4. The van der Waals surface area contributed by atoms with Crippen molar-refractivity contribution in [1.82, 2.24) is 4.98 Å². The molecule has 3 heterocycles. The van der Waals surface area contributed by atoms with Crippen molar-refractivity contribution in [1.29, 1.82) is 0 Å². The van der Waals surface area contributed by atoms with Crippen LogP contribution in [0, 0.1) is 5.92 Å². The number of methoxy groups -OCH3 is 1. The third kappa shape index (κ3) is 6.07. The van der Waals surface area contributed by atoms with Crippen molar-refractivity contribution in [3.8, 4) is 11.5 Å². The van der Waals surface area contributed by atoms with E-state index in [4.69, 9.17) is 14.2 Å². The quantitative estimate of drug-likeness (QED) is 0.149. The van der Waals surface area contributed by atoms with E-state index in [0.717, 1.165) is 27.0 Å². The van der Waals surface area contributed by atoms with Crippen LogP contribution in [0.25, 0.3) is 10.8 Å². The molecule has 0 saturated carbocycles. The molecule has 3 amide bonds. The van der Waals surface area contributed by atoms with Crippen molar-refractivity contribution in [3.63, 3.8) is 0 Å². The maximum atomic E-state index is 14.1. The van der Waals surface area contributed by atoms with Gasteiger partial charge in [-0.25, -0.2) is 9.69 Å². The smallest absolute Gasteiger partial charge is 0.338 e. The van der Waals surface area contributed by atoms with Crippen LogP contribution in [0.5, 0.6) is 11.5 Å². The molecule has 2 aliphatic heterocycles. The molecule has 0 spiro atoms. The summed E-state index contributed by atoms with van der Waals surface area (Å²) >= 11 is 2.16. The fourth-order valence-electron chi connectivity index (χ4n) is 6.20. The SMILES string of the molecule is CCOC(=O)c1ccc(N2C(=O)C3Sc4[nH]c(=O)sc4C(c4ccc(OCC(=O)Nc5ccc6ccccc6c5)c(OC)c4)C3C2=O)cc1. The number of carbonyl (C=O) groups is 4. The van der Waals surface area contributed by atoms with Gasteiger partial charge in [-0.3, -0.25) is 19.2 Å². The summed E-state index contributed by atoms with van der Waals surface area (Å²) in [7, 11) is 1.46. The third-order valence-corrected chi connectivity index (χ3v) is 10.8. The zero-order valence-electron chi connectivity index (χ0n) is 26.3. The van der Waals surface area contributed by atoms with Gasteiger partial charge in [0.05, 0.1) is 35.9 Å². The number of aromatic amines is 1. The van der Waals surface area contributed by atoms with Gasteiger partial charge in [-0.2, -0.15) is 0 Å². The Morgan fingerprint density at radius 2 is 1.67 bits per heavy atom. The van der Waals surface area contributed by atoms with E-state index in [9.17, 15) is 24.0 Å². The monoisotopic (exact) mass is 695 g/mol. The molecule has 0 bridgehead atoms. The van der Waals surface area contributed by atoms with Crippen LogP contribution in [-0.2, 0) is 19.1 Å². The lowest BCUT2D eigenvalue weighted by atomic mass is 9.83. The van der Waals surface area contributed by atoms with Crippen LogP contribution in [0.1, 0.15) is 33.6 Å². The second-order valence-corrected chi connectivity index (χ2v) is 13.5. The van der Waals surface area contributed by atoms with Crippen molar-refractivity contribution < 1.29 is 33.4 Å². The summed E-state index contributed by atoms with van der Waals surface area (Å²) in [6.07, 6.45) is 0. The molecule has 49 heavy (non-hydrogen) atoms. The molecule has 1 aromatic heterocycles. The number of fused-ring (bicyclic) bond motifs is 3. The Bertz CT molecular complexity index is 2180. The zero-order chi connectivity index (χ0) is 34.2. The van der Waals surface area contributed by atoms with Crippen LogP contribution >= 0.6 is 23.1 Å². The number of thioether (sulfide) groups is 1. The van der Waals surface area contributed by atoms with Gasteiger partial charge in [0.25, 0.3) is 5.91 Å². The van der Waals surface area contributed by atoms with E-state index < -0.39 is 34.9 Å². The predicted molar refractivity (Wildman–Crippen MR) is 186 cm³/mol. The number of imide groups is 1. The molecule has 0 radical (unpaired) electrons. The van der Waals surface area contributed by atoms with E-state index in [0.29, 0.717) is 43.9 Å². The molecule has 0 aliphatic carbocycles. The summed E-state index contributed by atoms with van der Waals surface area (Å²) in [5, 5.41) is 4.63. The minimum absolute atomic E-state index is 0.219. The molecule has 7 rings (SSSR count). The molecule has 2 aliphatic rings. The number of amides is 3. The summed E-state index contributed by atoms with van der Waals surface area (Å²) in [6.45, 7) is 1.64. The average Bonchev–Trinajstić information content (AvgIpc) is 3.60. The molecule has 2 N–H and O–H groups in total. The second-order valence-electron chi connectivity index (χ2n) is 11.3. The normalized spacial score (nSPS) is 18.2. The highest BCUT2D eigenvalue weighted by Crippen LogP contribution is 2.53. The summed E-state index contributed by atoms with van der Waals surface area (Å²) in [4.78, 5) is 69.7. The highest BCUT2D eigenvalue weighted by atomic mass is 32.2. The van der Waals surface area contributed by atoms with Crippen LogP contribution in [0.4, 0.5) is 11.4 Å². The second kappa shape index (κ2) is 13.2. The van der Waals surface area contributed by atoms with E-state index in [2.05, 4.69) is 10.3 Å². The number of nitrogens with zero attached hydrogens (tertiary/aromatic N) is 1. The molecular formula is C36H29N3O8S2. The van der Waals surface area contributed by atoms with Crippen LogP contribution in [0.15, 0.2) is 94.7 Å². The van der Waals surface area contributed by atoms with Gasteiger partial charge in [0.2, 0.25) is 11.8 Å². The first-order valence-corrected chi connectivity index (χ1v) is 17.1. The Balaban J connectivity index is 1.14. The van der Waals surface area contributed by atoms with Gasteiger partial charge in [0.1, 0.15) is 5.25 Å². The molecular weight excluding hydrogens is 667 g/mol. The average molecular weight is 696 g/mol. The van der Waals surface area contributed by atoms with Gasteiger partial charge < -0.3 is 24.5 Å². The molecule has 1 saturated heterocycles. The largest absolute Gasteiger partial charge is 0.493 e. The first kappa shape index (κ1) is 32.2. The van der Waals surface area contributed by atoms with Crippen molar-refractivity contribution in [2.45, 2.75) is 23.1 Å². The Labute approximate surface area is 288 Å². The number of benzene rings is 4. The van der Waals surface area contributed by atoms with E-state index >= 15 is 0 Å². The standard InChI is InChI=1S/C36H29N3O8S2/c1-3-46-35(43)20-9-13-24(14-10-20)39-33(41)29-28(30-32(38-36(44)49-30)48-31(29)34(39)42)22-11-15-25(26(17-22)45-2)47-18-27(40)37-23-12-8-19-6-4-5-7-21(19)16-23/h4-17,28-29,31H,3,18H2,1-2H3,(H,37,40)(H,38,44). The van der Waals surface area contributed by atoms with E-state index in [-0.39, 0.29) is 24.0 Å². The minimum Gasteiger partial charge on any atom is -0.493 e. The van der Waals surface area contributed by atoms with E-state index in [1.807, 2.05) is 42.5 Å². The summed E-state index contributed by atoms with van der Waals surface area (Å²) in [6, 6.07) is 24.7. The lowest BCUT2D eigenvalue weighted by Gasteiger charge is -2.30. The van der Waals surface area contributed by atoms with Gasteiger partial charge in [0.15, 0.2) is 18.1 Å². The summed E-state index contributed by atoms with van der Waals surface area (Å²) in [5.74, 6) is -2.56. The van der Waals surface area contributed by atoms with Crippen LogP contribution in [0.2, 0.25) is 0 Å². The number of carbonyl (C=O) groups excluding carboxylic acids is 4. The first-order chi connectivity index (χ1) is 23.7. The van der Waals surface area contributed by atoms with Gasteiger partial charge in [0, 0.05) is 16.5 Å². The highest BCUT2D eigenvalue weighted by Gasteiger charge is 2.56. The number of hydrogen-bond acceptors (Lipinski definition) is 10. The minimum atomic E-state index is -0.828. The topological polar surface area (TPSA) is 144 Å². The number of ether oxygens (including phenoxy) is 3. The Hall–Kier alpha value is -5.40. The zero-order valence-corrected chi connectivity index (χ0v) is 27.9. The molecule has 13 heteroatoms. The molecule has 3 atom stereocenters. The van der Waals surface area contributed by atoms with E-state index in [1.54, 1.807) is 37.3 Å². The maximum Gasteiger partial charge on any atom is 0.338 e. The summed E-state index contributed by atoms with van der Waals surface area (Å²) < 4.78 is 16.5. The lowest BCUT2D eigenvalue weighted by Crippen LogP contribution is -2.32. The number of rotatable bonds is 9. The van der Waals surface area contributed by atoms with Gasteiger partial charge in [-0.1, -0.05) is 59.5 Å². The maximum absolute atomic E-state index is 14.1. The number of hydrogen-bond donors (Lipinski definition) is 2. The van der Waals surface area contributed by atoms with Crippen LogP contribution in [0.3, 0.4) is 0 Å². The molecule has 1 fully saturated rings. The van der Waals surface area contributed by atoms with Crippen molar-refractivity contribution >= 4 is 68.9 Å². The van der Waals surface area contributed by atoms with Crippen molar-refractivity contribution in [2.24, 2.45) is 5.92 Å². The third-order valence-electron chi connectivity index (χ3n) is 8.40. The number of H-pyrrole nitrogens is 1. The molecule has 4 aromatic carbocycles. The fraction of sp³-hybridized carbons (Fsp3) is 0.194. The Kier molecular flexibility index (Phi) is 8.69. The Morgan fingerprint density at radius 1 is 0.898 bits per heavy atom. The van der Waals surface area contributed by atoms with Gasteiger partial charge in [-0.15, -0.1) is 0 Å². The number of esters is 1.